The van der Waals surface area contributed by atoms with Gasteiger partial charge in [-0.05, 0) is 73.6 Å². The van der Waals surface area contributed by atoms with Crippen molar-refractivity contribution in [3.05, 3.63) is 58.2 Å². The number of aromatic amines is 1. The first kappa shape index (κ1) is 17.8. The summed E-state index contributed by atoms with van der Waals surface area (Å²) in [6, 6.07) is 14.0. The number of ether oxygens (including phenoxy) is 1. The first-order chi connectivity index (χ1) is 12.1. The van der Waals surface area contributed by atoms with E-state index in [0.29, 0.717) is 5.11 Å². The smallest absolute Gasteiger partial charge is 0.170 e. The SMILES string of the molecule is COc1ccc2[nH]c(C)c(CCNC(=S)Nc3ccc(Br)cc3)c2c1. The molecule has 6 heteroatoms. The lowest BCUT2D eigenvalue weighted by molar-refractivity contribution is 0.415. The molecule has 0 aliphatic heterocycles. The monoisotopic (exact) mass is 417 g/mol. The van der Waals surface area contributed by atoms with Gasteiger partial charge in [-0.1, -0.05) is 15.9 Å². The van der Waals surface area contributed by atoms with Crippen LogP contribution in [0, 0.1) is 6.92 Å². The van der Waals surface area contributed by atoms with Crippen LogP contribution in [0.15, 0.2) is 46.9 Å². The van der Waals surface area contributed by atoms with Crippen molar-refractivity contribution in [1.29, 1.82) is 0 Å². The maximum atomic E-state index is 5.37. The molecule has 130 valence electrons. The van der Waals surface area contributed by atoms with Crippen molar-refractivity contribution < 1.29 is 4.74 Å². The van der Waals surface area contributed by atoms with Gasteiger partial charge in [0.25, 0.3) is 0 Å². The Morgan fingerprint density at radius 3 is 2.68 bits per heavy atom. The van der Waals surface area contributed by atoms with Crippen molar-refractivity contribution in [2.24, 2.45) is 0 Å². The summed E-state index contributed by atoms with van der Waals surface area (Å²) in [5.41, 5.74) is 4.56. The fraction of sp³-hybridized carbons (Fsp3) is 0.211. The van der Waals surface area contributed by atoms with Crippen LogP contribution in [0.2, 0.25) is 0 Å². The van der Waals surface area contributed by atoms with E-state index in [1.54, 1.807) is 7.11 Å². The van der Waals surface area contributed by atoms with E-state index in [-0.39, 0.29) is 0 Å². The number of thiocarbonyl (C=S) groups is 1. The van der Waals surface area contributed by atoms with E-state index in [2.05, 4.69) is 50.6 Å². The lowest BCUT2D eigenvalue weighted by Crippen LogP contribution is -2.30. The summed E-state index contributed by atoms with van der Waals surface area (Å²) in [6.07, 6.45) is 0.876. The number of benzene rings is 2. The number of fused-ring (bicyclic) bond motifs is 1. The maximum Gasteiger partial charge on any atom is 0.170 e. The number of halogens is 1. The van der Waals surface area contributed by atoms with Gasteiger partial charge in [0.1, 0.15) is 5.75 Å². The molecule has 0 unspecified atom stereocenters. The Hall–Kier alpha value is -2.05. The molecule has 0 bridgehead atoms. The van der Waals surface area contributed by atoms with Crippen molar-refractivity contribution >= 4 is 49.9 Å². The minimum Gasteiger partial charge on any atom is -0.497 e. The van der Waals surface area contributed by atoms with E-state index in [4.69, 9.17) is 17.0 Å². The molecule has 0 radical (unpaired) electrons. The first-order valence-corrected chi connectivity index (χ1v) is 9.22. The Bertz CT molecular complexity index is 890. The number of anilines is 1. The molecule has 3 rings (SSSR count). The van der Waals surface area contributed by atoms with E-state index >= 15 is 0 Å². The van der Waals surface area contributed by atoms with Crippen LogP contribution in [-0.4, -0.2) is 23.8 Å². The molecule has 0 aliphatic rings. The Labute approximate surface area is 161 Å². The molecule has 0 saturated carbocycles. The highest BCUT2D eigenvalue weighted by atomic mass is 79.9. The number of methoxy groups -OCH3 is 1. The minimum absolute atomic E-state index is 0.623. The second-order valence-electron chi connectivity index (χ2n) is 5.78. The number of aryl methyl sites for hydroxylation is 1. The average molecular weight is 418 g/mol. The predicted octanol–water partition coefficient (Wildman–Crippen LogP) is 4.78. The van der Waals surface area contributed by atoms with Crippen LogP contribution in [0.1, 0.15) is 11.3 Å². The molecule has 0 saturated heterocycles. The van der Waals surface area contributed by atoms with Gasteiger partial charge in [0.05, 0.1) is 7.11 Å². The van der Waals surface area contributed by atoms with E-state index in [1.807, 2.05) is 30.3 Å². The van der Waals surface area contributed by atoms with Crippen molar-refractivity contribution in [2.45, 2.75) is 13.3 Å². The molecule has 4 nitrogen and oxygen atoms in total. The van der Waals surface area contributed by atoms with Crippen LogP contribution in [0.25, 0.3) is 10.9 Å². The molecular formula is C19H20BrN3OS. The zero-order valence-electron chi connectivity index (χ0n) is 14.2. The third kappa shape index (κ3) is 4.32. The quantitative estimate of drug-likeness (QED) is 0.522. The van der Waals surface area contributed by atoms with Gasteiger partial charge >= 0.3 is 0 Å². The third-order valence-corrected chi connectivity index (χ3v) is 4.86. The maximum absolute atomic E-state index is 5.37. The van der Waals surface area contributed by atoms with Gasteiger partial charge in [0, 0.05) is 33.3 Å². The fourth-order valence-corrected chi connectivity index (χ4v) is 3.30. The highest BCUT2D eigenvalue weighted by Crippen LogP contribution is 2.26. The summed E-state index contributed by atoms with van der Waals surface area (Å²) in [4.78, 5) is 3.43. The van der Waals surface area contributed by atoms with Gasteiger partial charge < -0.3 is 20.4 Å². The fourth-order valence-electron chi connectivity index (χ4n) is 2.82. The molecule has 1 heterocycles. The first-order valence-electron chi connectivity index (χ1n) is 8.02. The number of nitrogens with one attached hydrogen (secondary N) is 3. The number of aromatic nitrogens is 1. The summed E-state index contributed by atoms with van der Waals surface area (Å²) in [5.74, 6) is 0.869. The molecule has 0 aliphatic carbocycles. The molecule has 0 fully saturated rings. The molecule has 2 aromatic carbocycles. The molecule has 0 amide bonds. The molecule has 1 aromatic heterocycles. The molecule has 3 aromatic rings. The molecule has 25 heavy (non-hydrogen) atoms. The van der Waals surface area contributed by atoms with Crippen LogP contribution in [-0.2, 0) is 6.42 Å². The molecule has 0 spiro atoms. The highest BCUT2D eigenvalue weighted by molar-refractivity contribution is 9.10. The normalized spacial score (nSPS) is 10.7. The van der Waals surface area contributed by atoms with Gasteiger partial charge in [0.2, 0.25) is 0 Å². The topological polar surface area (TPSA) is 49.1 Å². The number of H-pyrrole nitrogens is 1. The summed E-state index contributed by atoms with van der Waals surface area (Å²) < 4.78 is 6.38. The largest absolute Gasteiger partial charge is 0.497 e. The molecule has 0 atom stereocenters. The van der Waals surface area contributed by atoms with Crippen LogP contribution in [0.3, 0.4) is 0 Å². The summed E-state index contributed by atoms with van der Waals surface area (Å²) >= 11 is 8.79. The van der Waals surface area contributed by atoms with Crippen molar-refractivity contribution in [1.82, 2.24) is 10.3 Å². The Morgan fingerprint density at radius 2 is 1.96 bits per heavy atom. The van der Waals surface area contributed by atoms with Gasteiger partial charge in [-0.2, -0.15) is 0 Å². The standard InChI is InChI=1S/C19H20BrN3OS/c1-12-16(17-11-15(24-2)7-8-18(17)22-12)9-10-21-19(25)23-14-5-3-13(20)4-6-14/h3-8,11,22H,9-10H2,1-2H3,(H2,21,23,25). The lowest BCUT2D eigenvalue weighted by Gasteiger charge is -2.11. The predicted molar refractivity (Wildman–Crippen MR) is 112 cm³/mol. The number of rotatable bonds is 5. The second-order valence-corrected chi connectivity index (χ2v) is 7.10. The molecular weight excluding hydrogens is 398 g/mol. The summed E-state index contributed by atoms with van der Waals surface area (Å²) in [6.45, 7) is 2.85. The molecule has 3 N–H and O–H groups in total. The second kappa shape index (κ2) is 7.89. The van der Waals surface area contributed by atoms with Gasteiger partial charge in [0.15, 0.2) is 5.11 Å². The van der Waals surface area contributed by atoms with E-state index in [0.717, 1.165) is 34.4 Å². The van der Waals surface area contributed by atoms with E-state index in [9.17, 15) is 0 Å². The Balaban J connectivity index is 1.61. The van der Waals surface area contributed by atoms with Gasteiger partial charge in [-0.25, -0.2) is 0 Å². The van der Waals surface area contributed by atoms with Crippen molar-refractivity contribution in [3.63, 3.8) is 0 Å². The Kier molecular flexibility index (Phi) is 5.60. The van der Waals surface area contributed by atoms with Crippen molar-refractivity contribution in [2.75, 3.05) is 19.0 Å². The third-order valence-electron chi connectivity index (χ3n) is 4.09. The van der Waals surface area contributed by atoms with Crippen LogP contribution < -0.4 is 15.4 Å². The number of hydrogen-bond donors (Lipinski definition) is 3. The number of hydrogen-bond acceptors (Lipinski definition) is 2. The average Bonchev–Trinajstić information content (AvgIpc) is 2.92. The van der Waals surface area contributed by atoms with Gasteiger partial charge in [-0.15, -0.1) is 0 Å². The zero-order chi connectivity index (χ0) is 17.8. The minimum atomic E-state index is 0.623. The summed E-state index contributed by atoms with van der Waals surface area (Å²) in [5, 5.41) is 8.28. The van der Waals surface area contributed by atoms with E-state index < -0.39 is 0 Å². The van der Waals surface area contributed by atoms with Gasteiger partial charge in [-0.3, -0.25) is 0 Å². The summed E-state index contributed by atoms with van der Waals surface area (Å²) in [7, 11) is 1.69. The lowest BCUT2D eigenvalue weighted by atomic mass is 10.1. The van der Waals surface area contributed by atoms with Crippen LogP contribution in [0.4, 0.5) is 5.69 Å². The van der Waals surface area contributed by atoms with E-state index in [1.165, 1.54) is 16.6 Å². The highest BCUT2D eigenvalue weighted by Gasteiger charge is 2.09. The van der Waals surface area contributed by atoms with Crippen molar-refractivity contribution in [3.8, 4) is 5.75 Å². The zero-order valence-corrected chi connectivity index (χ0v) is 16.6. The Morgan fingerprint density at radius 1 is 1.20 bits per heavy atom. The van der Waals surface area contributed by atoms with Crippen LogP contribution >= 0.6 is 28.1 Å². The van der Waals surface area contributed by atoms with Crippen LogP contribution in [0.5, 0.6) is 5.75 Å².